The molecular weight excluding hydrogens is 286 g/mol. The highest BCUT2D eigenvalue weighted by atomic mass is 15.1. The Morgan fingerprint density at radius 2 is 1.70 bits per heavy atom. The van der Waals surface area contributed by atoms with Gasteiger partial charge in [0.05, 0.1) is 5.69 Å². The summed E-state index contributed by atoms with van der Waals surface area (Å²) in [6, 6.07) is 16.1. The minimum Gasteiger partial charge on any atom is -0.366 e. The second-order valence-corrected chi connectivity index (χ2v) is 5.07. The van der Waals surface area contributed by atoms with Crippen molar-refractivity contribution in [2.45, 2.75) is 13.5 Å². The molecule has 1 aromatic carbocycles. The predicted octanol–water partition coefficient (Wildman–Crippen LogP) is 3.58. The Bertz CT molecular complexity index is 744. The molecule has 0 bridgehead atoms. The fourth-order valence-electron chi connectivity index (χ4n) is 2.23. The van der Waals surface area contributed by atoms with Crippen LogP contribution in [0.3, 0.4) is 0 Å². The van der Waals surface area contributed by atoms with Crippen molar-refractivity contribution in [2.24, 2.45) is 0 Å². The van der Waals surface area contributed by atoms with Crippen molar-refractivity contribution in [3.63, 3.8) is 0 Å². The van der Waals surface area contributed by atoms with Gasteiger partial charge in [-0.1, -0.05) is 30.3 Å². The average Bonchev–Trinajstić information content (AvgIpc) is 2.62. The Labute approximate surface area is 135 Å². The Balaban J connectivity index is 1.85. The van der Waals surface area contributed by atoms with Crippen molar-refractivity contribution in [1.82, 2.24) is 15.0 Å². The minimum absolute atomic E-state index is 0.623. The molecule has 3 rings (SSSR count). The number of aromatic nitrogens is 3. The lowest BCUT2D eigenvalue weighted by atomic mass is 10.2. The standard InChI is InChI=1S/C18H19N5/c1-2-20-18-22-16(15-8-10-19-11-9-15)12-17(23-18)21-13-14-6-4-3-5-7-14/h3-12H,2,13H2,1H3,(H2,20,21,22,23). The molecule has 0 fully saturated rings. The monoisotopic (exact) mass is 305 g/mol. The van der Waals surface area contributed by atoms with E-state index in [0.717, 1.165) is 30.2 Å². The molecule has 0 saturated heterocycles. The maximum atomic E-state index is 4.56. The molecule has 23 heavy (non-hydrogen) atoms. The molecular formula is C18H19N5. The van der Waals surface area contributed by atoms with Crippen LogP contribution in [0.5, 0.6) is 0 Å². The zero-order valence-electron chi connectivity index (χ0n) is 13.0. The number of hydrogen-bond donors (Lipinski definition) is 2. The minimum atomic E-state index is 0.623. The van der Waals surface area contributed by atoms with Gasteiger partial charge in [-0.15, -0.1) is 0 Å². The molecule has 0 radical (unpaired) electrons. The third-order valence-corrected chi connectivity index (χ3v) is 3.35. The normalized spacial score (nSPS) is 10.3. The number of anilines is 2. The second kappa shape index (κ2) is 7.35. The molecule has 5 nitrogen and oxygen atoms in total. The Kier molecular flexibility index (Phi) is 4.79. The molecule has 0 atom stereocenters. The van der Waals surface area contributed by atoms with Crippen molar-refractivity contribution in [1.29, 1.82) is 0 Å². The lowest BCUT2D eigenvalue weighted by molar-refractivity contribution is 1.05. The van der Waals surface area contributed by atoms with Crippen molar-refractivity contribution in [3.05, 3.63) is 66.5 Å². The van der Waals surface area contributed by atoms with Crippen LogP contribution in [-0.2, 0) is 6.54 Å². The van der Waals surface area contributed by atoms with Crippen molar-refractivity contribution in [2.75, 3.05) is 17.2 Å². The summed E-state index contributed by atoms with van der Waals surface area (Å²) in [7, 11) is 0. The molecule has 0 aliphatic carbocycles. The SMILES string of the molecule is CCNc1nc(NCc2ccccc2)cc(-c2ccncc2)n1. The fourth-order valence-corrected chi connectivity index (χ4v) is 2.23. The molecule has 0 amide bonds. The van der Waals surface area contributed by atoms with Gasteiger partial charge in [0.1, 0.15) is 5.82 Å². The zero-order valence-corrected chi connectivity index (χ0v) is 13.0. The van der Waals surface area contributed by atoms with Gasteiger partial charge < -0.3 is 10.6 Å². The quantitative estimate of drug-likeness (QED) is 0.729. The van der Waals surface area contributed by atoms with Crippen LogP contribution >= 0.6 is 0 Å². The van der Waals surface area contributed by atoms with Crippen LogP contribution in [0.4, 0.5) is 11.8 Å². The Morgan fingerprint density at radius 3 is 2.43 bits per heavy atom. The number of nitrogens with one attached hydrogen (secondary N) is 2. The highest BCUT2D eigenvalue weighted by molar-refractivity contribution is 5.63. The fraction of sp³-hybridized carbons (Fsp3) is 0.167. The van der Waals surface area contributed by atoms with Gasteiger partial charge in [-0.25, -0.2) is 4.98 Å². The van der Waals surface area contributed by atoms with Crippen molar-refractivity contribution < 1.29 is 0 Å². The number of nitrogens with zero attached hydrogens (tertiary/aromatic N) is 3. The zero-order chi connectivity index (χ0) is 15.9. The van der Waals surface area contributed by atoms with Gasteiger partial charge in [0.15, 0.2) is 0 Å². The van der Waals surface area contributed by atoms with Gasteiger partial charge in [0.25, 0.3) is 0 Å². The molecule has 3 aromatic rings. The van der Waals surface area contributed by atoms with Crippen LogP contribution in [-0.4, -0.2) is 21.5 Å². The van der Waals surface area contributed by atoms with Gasteiger partial charge in [-0.3, -0.25) is 4.98 Å². The second-order valence-electron chi connectivity index (χ2n) is 5.07. The lowest BCUT2D eigenvalue weighted by Crippen LogP contribution is -2.07. The molecule has 5 heteroatoms. The number of benzene rings is 1. The maximum absolute atomic E-state index is 4.56. The van der Waals surface area contributed by atoms with E-state index in [9.17, 15) is 0 Å². The summed E-state index contributed by atoms with van der Waals surface area (Å²) in [4.78, 5) is 13.1. The maximum Gasteiger partial charge on any atom is 0.225 e. The number of rotatable bonds is 6. The van der Waals surface area contributed by atoms with Crippen LogP contribution in [0.2, 0.25) is 0 Å². The summed E-state index contributed by atoms with van der Waals surface area (Å²) in [5.74, 6) is 1.42. The third kappa shape index (κ3) is 4.03. The Morgan fingerprint density at radius 1 is 0.913 bits per heavy atom. The predicted molar refractivity (Wildman–Crippen MR) is 93.2 cm³/mol. The van der Waals surface area contributed by atoms with E-state index in [2.05, 4.69) is 37.7 Å². The van der Waals surface area contributed by atoms with Gasteiger partial charge in [-0.2, -0.15) is 4.98 Å². The van der Waals surface area contributed by atoms with Gasteiger partial charge in [0.2, 0.25) is 5.95 Å². The molecule has 0 aliphatic rings. The largest absolute Gasteiger partial charge is 0.366 e. The summed E-state index contributed by atoms with van der Waals surface area (Å²) < 4.78 is 0. The topological polar surface area (TPSA) is 62.7 Å². The smallest absolute Gasteiger partial charge is 0.225 e. The van der Waals surface area contributed by atoms with E-state index in [1.54, 1.807) is 12.4 Å². The molecule has 2 heterocycles. The first-order valence-electron chi connectivity index (χ1n) is 7.66. The average molecular weight is 305 g/mol. The van der Waals surface area contributed by atoms with Gasteiger partial charge in [-0.05, 0) is 24.6 Å². The van der Waals surface area contributed by atoms with Crippen LogP contribution in [0.1, 0.15) is 12.5 Å². The Hall–Kier alpha value is -2.95. The highest BCUT2D eigenvalue weighted by Gasteiger charge is 2.06. The molecule has 0 saturated carbocycles. The molecule has 2 N–H and O–H groups in total. The summed E-state index contributed by atoms with van der Waals surface area (Å²) in [6.07, 6.45) is 3.53. The molecule has 2 aromatic heterocycles. The first-order chi connectivity index (χ1) is 11.3. The van der Waals surface area contributed by atoms with Crippen LogP contribution in [0, 0.1) is 0 Å². The molecule has 0 unspecified atom stereocenters. The number of pyridine rings is 1. The van der Waals surface area contributed by atoms with Crippen LogP contribution < -0.4 is 10.6 Å². The summed E-state index contributed by atoms with van der Waals surface area (Å²) >= 11 is 0. The summed E-state index contributed by atoms with van der Waals surface area (Å²) in [5, 5.41) is 6.54. The van der Waals surface area contributed by atoms with Crippen molar-refractivity contribution >= 4 is 11.8 Å². The summed E-state index contributed by atoms with van der Waals surface area (Å²) in [5.41, 5.74) is 3.10. The molecule has 0 aliphatic heterocycles. The summed E-state index contributed by atoms with van der Waals surface area (Å²) in [6.45, 7) is 3.52. The van der Waals surface area contributed by atoms with E-state index in [1.807, 2.05) is 43.3 Å². The van der Waals surface area contributed by atoms with E-state index < -0.39 is 0 Å². The van der Waals surface area contributed by atoms with E-state index in [1.165, 1.54) is 5.56 Å². The lowest BCUT2D eigenvalue weighted by Gasteiger charge is -2.11. The van der Waals surface area contributed by atoms with Crippen LogP contribution in [0.25, 0.3) is 11.3 Å². The first kappa shape index (κ1) is 15.0. The van der Waals surface area contributed by atoms with E-state index in [-0.39, 0.29) is 0 Å². The first-order valence-corrected chi connectivity index (χ1v) is 7.66. The third-order valence-electron chi connectivity index (χ3n) is 3.35. The van der Waals surface area contributed by atoms with E-state index in [0.29, 0.717) is 5.95 Å². The molecule has 116 valence electrons. The van der Waals surface area contributed by atoms with Crippen LogP contribution in [0.15, 0.2) is 60.9 Å². The van der Waals surface area contributed by atoms with E-state index in [4.69, 9.17) is 0 Å². The highest BCUT2D eigenvalue weighted by Crippen LogP contribution is 2.21. The van der Waals surface area contributed by atoms with Gasteiger partial charge in [0, 0.05) is 37.1 Å². The van der Waals surface area contributed by atoms with Crippen molar-refractivity contribution in [3.8, 4) is 11.3 Å². The number of hydrogen-bond acceptors (Lipinski definition) is 5. The van der Waals surface area contributed by atoms with E-state index >= 15 is 0 Å². The molecule has 0 spiro atoms. The van der Waals surface area contributed by atoms with Gasteiger partial charge >= 0.3 is 0 Å².